The van der Waals surface area contributed by atoms with Gasteiger partial charge in [-0.15, -0.1) is 13.2 Å². The molecule has 0 aliphatic rings. The molecule has 0 aromatic heterocycles. The van der Waals surface area contributed by atoms with Crippen LogP contribution in [-0.2, 0) is 10.0 Å². The monoisotopic (exact) mass is 509 g/mol. The van der Waals surface area contributed by atoms with Gasteiger partial charge in [-0.25, -0.2) is 8.42 Å². The van der Waals surface area contributed by atoms with E-state index in [1.54, 1.807) is 48.6 Å². The lowest BCUT2D eigenvalue weighted by molar-refractivity contribution is -0.274. The fourth-order valence-corrected chi connectivity index (χ4v) is 4.23. The number of benzene rings is 3. The zero-order chi connectivity index (χ0) is 25.6. The minimum atomic E-state index is -4.87. The summed E-state index contributed by atoms with van der Waals surface area (Å²) < 4.78 is 84.9. The Bertz CT molecular complexity index is 1280. The van der Waals surface area contributed by atoms with Gasteiger partial charge in [0.2, 0.25) is 5.75 Å². The molecule has 11 heteroatoms. The maximum absolute atomic E-state index is 12.8. The molecule has 0 atom stereocenters. The van der Waals surface area contributed by atoms with Crippen molar-refractivity contribution in [3.8, 4) is 23.0 Å². The summed E-state index contributed by atoms with van der Waals surface area (Å²) >= 11 is 0. The molecule has 3 aromatic rings. The molecule has 0 bridgehead atoms. The average Bonchev–Trinajstić information content (AvgIpc) is 2.81. The third-order valence-electron chi connectivity index (χ3n) is 4.72. The zero-order valence-electron chi connectivity index (χ0n) is 18.9. The molecule has 35 heavy (non-hydrogen) atoms. The van der Waals surface area contributed by atoms with Gasteiger partial charge in [0.1, 0.15) is 5.75 Å². The quantitative estimate of drug-likeness (QED) is 0.379. The van der Waals surface area contributed by atoms with Crippen LogP contribution in [0.4, 0.5) is 18.9 Å². The molecular weight excluding hydrogens is 487 g/mol. The molecule has 0 aliphatic heterocycles. The predicted octanol–water partition coefficient (Wildman–Crippen LogP) is 5.58. The number of rotatable bonds is 9. The van der Waals surface area contributed by atoms with Crippen molar-refractivity contribution in [3.05, 3.63) is 71.8 Å². The summed E-state index contributed by atoms with van der Waals surface area (Å²) in [6, 6.07) is 14.0. The van der Waals surface area contributed by atoms with E-state index in [1.165, 1.54) is 21.3 Å². The molecule has 0 radical (unpaired) electrons. The van der Waals surface area contributed by atoms with Crippen molar-refractivity contribution in [2.45, 2.75) is 11.3 Å². The van der Waals surface area contributed by atoms with E-state index in [1.807, 2.05) is 0 Å². The average molecular weight is 510 g/mol. The largest absolute Gasteiger partial charge is 0.573 e. The van der Waals surface area contributed by atoms with Gasteiger partial charge in [-0.05, 0) is 53.6 Å². The number of anilines is 1. The van der Waals surface area contributed by atoms with Gasteiger partial charge < -0.3 is 18.9 Å². The van der Waals surface area contributed by atoms with Crippen LogP contribution in [0.2, 0.25) is 0 Å². The minimum absolute atomic E-state index is 0.226. The van der Waals surface area contributed by atoms with Crippen molar-refractivity contribution in [1.82, 2.24) is 0 Å². The SMILES string of the molecule is COc1cc(/C=C\c2ccccc2NS(=O)(=O)c2ccc(OC(F)(F)F)cc2)cc(OC)c1OC. The standard InChI is InChI=1S/C24H22F3NO6S/c1-31-21-14-16(15-22(32-2)23(21)33-3)8-9-17-6-4-5-7-20(17)28-35(29,30)19-12-10-18(11-13-19)34-24(25,26)27/h4-15,28H,1-3H3/b9-8-. The first-order chi connectivity index (χ1) is 16.6. The molecule has 0 aliphatic carbocycles. The van der Waals surface area contributed by atoms with Gasteiger partial charge in [0.15, 0.2) is 11.5 Å². The predicted molar refractivity (Wildman–Crippen MR) is 125 cm³/mol. The fraction of sp³-hybridized carbons (Fsp3) is 0.167. The van der Waals surface area contributed by atoms with Crippen LogP contribution in [0.15, 0.2) is 65.6 Å². The molecule has 0 unspecified atom stereocenters. The molecule has 0 amide bonds. The van der Waals surface area contributed by atoms with Crippen LogP contribution in [0, 0.1) is 0 Å². The number of alkyl halides is 3. The van der Waals surface area contributed by atoms with Crippen molar-refractivity contribution < 1.29 is 40.5 Å². The van der Waals surface area contributed by atoms with Crippen molar-refractivity contribution in [2.75, 3.05) is 26.1 Å². The van der Waals surface area contributed by atoms with E-state index in [-0.39, 0.29) is 10.6 Å². The summed E-state index contributed by atoms with van der Waals surface area (Å²) in [5.41, 5.74) is 1.52. The second-order valence-corrected chi connectivity index (χ2v) is 8.69. The Morgan fingerprint density at radius 3 is 1.97 bits per heavy atom. The Kier molecular flexibility index (Phi) is 7.80. The molecule has 0 spiro atoms. The van der Waals surface area contributed by atoms with Crippen LogP contribution in [0.25, 0.3) is 12.2 Å². The normalized spacial score (nSPS) is 11.8. The van der Waals surface area contributed by atoms with E-state index >= 15 is 0 Å². The topological polar surface area (TPSA) is 83.1 Å². The van der Waals surface area contributed by atoms with Crippen LogP contribution in [0.3, 0.4) is 0 Å². The highest BCUT2D eigenvalue weighted by Gasteiger charge is 2.31. The Labute approximate surface area is 200 Å². The number of hydrogen-bond donors (Lipinski definition) is 1. The molecule has 1 N–H and O–H groups in total. The molecule has 0 saturated carbocycles. The first kappa shape index (κ1) is 25.8. The summed E-state index contributed by atoms with van der Waals surface area (Å²) in [5.74, 6) is 0.828. The van der Waals surface area contributed by atoms with E-state index in [2.05, 4.69) is 9.46 Å². The van der Waals surface area contributed by atoms with Crippen molar-refractivity contribution >= 4 is 27.9 Å². The highest BCUT2D eigenvalue weighted by Crippen LogP contribution is 2.38. The number of para-hydroxylation sites is 1. The third-order valence-corrected chi connectivity index (χ3v) is 6.10. The second-order valence-electron chi connectivity index (χ2n) is 7.00. The van der Waals surface area contributed by atoms with Crippen LogP contribution >= 0.6 is 0 Å². The second kappa shape index (κ2) is 10.6. The molecule has 7 nitrogen and oxygen atoms in total. The summed E-state index contributed by atoms with van der Waals surface area (Å²) in [5, 5.41) is 0. The van der Waals surface area contributed by atoms with Crippen molar-refractivity contribution in [1.29, 1.82) is 0 Å². The van der Waals surface area contributed by atoms with Crippen LogP contribution in [0.1, 0.15) is 11.1 Å². The molecular formula is C24H22F3NO6S. The summed E-state index contributed by atoms with van der Waals surface area (Å²) in [6.07, 6.45) is -1.44. The van der Waals surface area contributed by atoms with Crippen LogP contribution in [-0.4, -0.2) is 36.1 Å². The lowest BCUT2D eigenvalue weighted by Crippen LogP contribution is -2.17. The minimum Gasteiger partial charge on any atom is -0.493 e. The number of methoxy groups -OCH3 is 3. The van der Waals surface area contributed by atoms with Gasteiger partial charge in [0.05, 0.1) is 31.9 Å². The number of hydrogen-bond acceptors (Lipinski definition) is 6. The molecule has 186 valence electrons. The highest BCUT2D eigenvalue weighted by molar-refractivity contribution is 7.92. The van der Waals surface area contributed by atoms with E-state index < -0.39 is 22.1 Å². The highest BCUT2D eigenvalue weighted by atomic mass is 32.2. The van der Waals surface area contributed by atoms with Crippen molar-refractivity contribution in [2.24, 2.45) is 0 Å². The molecule has 0 heterocycles. The number of halogens is 3. The summed E-state index contributed by atoms with van der Waals surface area (Å²) in [6.45, 7) is 0. The van der Waals surface area contributed by atoms with Crippen LogP contribution in [0.5, 0.6) is 23.0 Å². The molecule has 0 fully saturated rings. The van der Waals surface area contributed by atoms with Gasteiger partial charge in [-0.3, -0.25) is 4.72 Å². The maximum atomic E-state index is 12.8. The van der Waals surface area contributed by atoms with E-state index in [4.69, 9.17) is 14.2 Å². The Morgan fingerprint density at radius 1 is 0.829 bits per heavy atom. The molecule has 0 saturated heterocycles. The third kappa shape index (κ3) is 6.60. The number of nitrogens with one attached hydrogen (secondary N) is 1. The molecule has 3 aromatic carbocycles. The maximum Gasteiger partial charge on any atom is 0.573 e. The van der Waals surface area contributed by atoms with Gasteiger partial charge >= 0.3 is 6.36 Å². The van der Waals surface area contributed by atoms with Gasteiger partial charge in [0.25, 0.3) is 10.0 Å². The van der Waals surface area contributed by atoms with E-state index in [0.717, 1.165) is 24.3 Å². The summed E-state index contributed by atoms with van der Waals surface area (Å²) in [7, 11) is 0.402. The summed E-state index contributed by atoms with van der Waals surface area (Å²) in [4.78, 5) is -0.226. The Balaban J connectivity index is 1.86. The fourth-order valence-electron chi connectivity index (χ4n) is 3.14. The Morgan fingerprint density at radius 2 is 1.43 bits per heavy atom. The number of ether oxygens (including phenoxy) is 4. The lowest BCUT2D eigenvalue weighted by Gasteiger charge is -2.13. The van der Waals surface area contributed by atoms with Gasteiger partial charge in [0, 0.05) is 0 Å². The van der Waals surface area contributed by atoms with Gasteiger partial charge in [-0.1, -0.05) is 30.4 Å². The Hall–Kier alpha value is -3.86. The number of sulfonamides is 1. The first-order valence-corrected chi connectivity index (χ1v) is 11.5. The van der Waals surface area contributed by atoms with Crippen LogP contribution < -0.4 is 23.7 Å². The smallest absolute Gasteiger partial charge is 0.493 e. The van der Waals surface area contributed by atoms with E-state index in [0.29, 0.717) is 28.4 Å². The zero-order valence-corrected chi connectivity index (χ0v) is 19.7. The lowest BCUT2D eigenvalue weighted by atomic mass is 10.1. The first-order valence-electron chi connectivity index (χ1n) is 10.0. The van der Waals surface area contributed by atoms with Crippen molar-refractivity contribution in [3.63, 3.8) is 0 Å². The van der Waals surface area contributed by atoms with E-state index in [9.17, 15) is 21.6 Å². The molecule has 3 rings (SSSR count). The van der Waals surface area contributed by atoms with Gasteiger partial charge in [-0.2, -0.15) is 0 Å².